The van der Waals surface area contributed by atoms with Crippen LogP contribution in [0.3, 0.4) is 0 Å². The Morgan fingerprint density at radius 2 is 1.11 bits per heavy atom. The summed E-state index contributed by atoms with van der Waals surface area (Å²) in [6.45, 7) is 0. The van der Waals surface area contributed by atoms with Gasteiger partial charge in [-0.15, -0.1) is 0 Å². The third kappa shape index (κ3) is 4.49. The van der Waals surface area contributed by atoms with Crippen molar-refractivity contribution in [2.45, 2.75) is 0 Å². The first-order valence-corrected chi connectivity index (χ1v) is 6.87. The van der Waals surface area contributed by atoms with E-state index in [2.05, 4.69) is 55.5 Å². The van der Waals surface area contributed by atoms with E-state index in [-0.39, 0.29) is 0 Å². The standard InChI is InChI=1S/C16H8Br2/c17-16(18)15(11-9-13-5-1-2-6-13)12-10-14-7-3-4-8-14/h1-8H. The quantitative estimate of drug-likeness (QED) is 0.577. The largest absolute Gasteiger partial charge is 0.0956 e. The van der Waals surface area contributed by atoms with Crippen LogP contribution in [-0.4, -0.2) is 0 Å². The van der Waals surface area contributed by atoms with Crippen molar-refractivity contribution in [2.24, 2.45) is 0 Å². The van der Waals surface area contributed by atoms with Gasteiger partial charge in [0, 0.05) is 0 Å². The molecule has 18 heavy (non-hydrogen) atoms. The maximum Gasteiger partial charge on any atom is 0.0956 e. The van der Waals surface area contributed by atoms with E-state index in [1.54, 1.807) is 0 Å². The van der Waals surface area contributed by atoms with Gasteiger partial charge in [0.15, 0.2) is 0 Å². The molecule has 0 N–H and O–H groups in total. The van der Waals surface area contributed by atoms with Gasteiger partial charge in [-0.2, -0.15) is 0 Å². The Hall–Kier alpha value is -0.180. The summed E-state index contributed by atoms with van der Waals surface area (Å²) in [6, 6.07) is 0. The Bertz CT molecular complexity index is 387. The normalized spacial score (nSPS) is 19.9. The molecule has 0 aliphatic heterocycles. The van der Waals surface area contributed by atoms with Crippen LogP contribution in [0.25, 0.3) is 0 Å². The lowest BCUT2D eigenvalue weighted by Gasteiger charge is -1.95. The number of allylic oxidation sites excluding steroid dienone is 1. The van der Waals surface area contributed by atoms with Gasteiger partial charge in [-0.05, 0) is 83.2 Å². The number of hydrogen-bond acceptors (Lipinski definition) is 0. The zero-order valence-corrected chi connectivity index (χ0v) is 12.5. The van der Waals surface area contributed by atoms with Crippen molar-refractivity contribution in [1.82, 2.24) is 0 Å². The molecule has 86 valence electrons. The number of rotatable bonds is 0. The third-order valence-corrected chi connectivity index (χ3v) is 2.97. The van der Waals surface area contributed by atoms with Gasteiger partial charge in [0.2, 0.25) is 0 Å². The van der Waals surface area contributed by atoms with Gasteiger partial charge in [-0.25, -0.2) is 0 Å². The molecule has 0 saturated heterocycles. The highest BCUT2D eigenvalue weighted by Crippen LogP contribution is 2.24. The van der Waals surface area contributed by atoms with Crippen LogP contribution >= 0.6 is 31.9 Å². The molecule has 0 heterocycles. The maximum atomic E-state index is 3.36. The summed E-state index contributed by atoms with van der Waals surface area (Å²) in [6.07, 6.45) is 15.7. The SMILES string of the molecule is BrC(Br)=C(C#C[C]1[CH][CH][CH][CH]1)C#C[C]1[CH][CH][CH][CH]1. The molecule has 2 rings (SSSR count). The van der Waals surface area contributed by atoms with E-state index < -0.39 is 0 Å². The molecule has 0 nitrogen and oxygen atoms in total. The molecule has 2 saturated carbocycles. The summed E-state index contributed by atoms with van der Waals surface area (Å²) >= 11 is 6.72. The maximum absolute atomic E-state index is 3.36. The van der Waals surface area contributed by atoms with Crippen LogP contribution in [0.5, 0.6) is 0 Å². The predicted octanol–water partition coefficient (Wildman–Crippen LogP) is 3.81. The van der Waals surface area contributed by atoms with Crippen molar-refractivity contribution in [2.75, 3.05) is 0 Å². The predicted molar refractivity (Wildman–Crippen MR) is 81.3 cm³/mol. The van der Waals surface area contributed by atoms with Gasteiger partial charge in [0.25, 0.3) is 0 Å². The van der Waals surface area contributed by atoms with Gasteiger partial charge in [-0.1, -0.05) is 23.7 Å². The second-order valence-electron chi connectivity index (χ2n) is 3.48. The summed E-state index contributed by atoms with van der Waals surface area (Å²) < 4.78 is 0.771. The van der Waals surface area contributed by atoms with Crippen LogP contribution in [-0.2, 0) is 0 Å². The van der Waals surface area contributed by atoms with Crippen molar-refractivity contribution in [3.05, 3.63) is 72.2 Å². The highest BCUT2D eigenvalue weighted by atomic mass is 79.9. The van der Waals surface area contributed by atoms with Crippen molar-refractivity contribution in [3.8, 4) is 23.7 Å². The van der Waals surface area contributed by atoms with Gasteiger partial charge in [-0.3, -0.25) is 0 Å². The lowest BCUT2D eigenvalue weighted by molar-refractivity contribution is 1.43. The van der Waals surface area contributed by atoms with Crippen LogP contribution in [0.15, 0.2) is 8.96 Å². The lowest BCUT2D eigenvalue weighted by atomic mass is 10.1. The van der Waals surface area contributed by atoms with Gasteiger partial charge in [0.1, 0.15) is 0 Å². The summed E-state index contributed by atoms with van der Waals surface area (Å²) in [7, 11) is 0. The fraction of sp³-hybridized carbons (Fsp3) is 0. The summed E-state index contributed by atoms with van der Waals surface area (Å²) in [5, 5.41) is 0. The molecule has 2 fully saturated rings. The van der Waals surface area contributed by atoms with E-state index in [0.29, 0.717) is 0 Å². The molecule has 0 aromatic rings. The fourth-order valence-corrected chi connectivity index (χ4v) is 1.71. The van der Waals surface area contributed by atoms with Gasteiger partial charge < -0.3 is 0 Å². The third-order valence-electron chi connectivity index (χ3n) is 2.18. The van der Waals surface area contributed by atoms with Crippen LogP contribution in [0.1, 0.15) is 0 Å². The average Bonchev–Trinajstić information content (AvgIpc) is 3.00. The minimum Gasteiger partial charge on any atom is -0.0881 e. The van der Waals surface area contributed by atoms with E-state index >= 15 is 0 Å². The van der Waals surface area contributed by atoms with Crippen molar-refractivity contribution in [3.63, 3.8) is 0 Å². The molecular formula is C16H8Br2. The van der Waals surface area contributed by atoms with Crippen molar-refractivity contribution < 1.29 is 0 Å². The topological polar surface area (TPSA) is 0 Å². The summed E-state index contributed by atoms with van der Waals surface area (Å²) in [5.74, 6) is 14.2. The zero-order chi connectivity index (χ0) is 12.8. The van der Waals surface area contributed by atoms with E-state index in [4.69, 9.17) is 0 Å². The molecule has 0 spiro atoms. The Morgan fingerprint density at radius 1 is 0.722 bits per heavy atom. The summed E-state index contributed by atoms with van der Waals surface area (Å²) in [5.41, 5.74) is 0.734. The summed E-state index contributed by atoms with van der Waals surface area (Å²) in [4.78, 5) is 0. The second kappa shape index (κ2) is 7.42. The molecule has 0 unspecified atom stereocenters. The molecule has 10 radical (unpaired) electrons. The average molecular weight is 360 g/mol. The Labute approximate surface area is 127 Å². The Balaban J connectivity index is 2.02. The van der Waals surface area contributed by atoms with Gasteiger partial charge >= 0.3 is 0 Å². The van der Waals surface area contributed by atoms with Crippen molar-refractivity contribution in [1.29, 1.82) is 0 Å². The highest BCUT2D eigenvalue weighted by Gasteiger charge is 2.15. The van der Waals surface area contributed by atoms with E-state index in [1.807, 2.05) is 51.4 Å². The first-order valence-electron chi connectivity index (χ1n) is 5.28. The number of halogens is 2. The monoisotopic (exact) mass is 358 g/mol. The van der Waals surface area contributed by atoms with E-state index in [0.717, 1.165) is 20.8 Å². The van der Waals surface area contributed by atoms with Crippen LogP contribution in [0, 0.1) is 86.9 Å². The van der Waals surface area contributed by atoms with Crippen LogP contribution in [0.4, 0.5) is 0 Å². The second-order valence-corrected chi connectivity index (χ2v) is 6.13. The minimum atomic E-state index is 0.734. The Kier molecular flexibility index (Phi) is 5.87. The zero-order valence-electron chi connectivity index (χ0n) is 9.37. The molecule has 2 heteroatoms. The number of hydrogen-bond donors (Lipinski definition) is 0. The Morgan fingerprint density at radius 3 is 1.44 bits per heavy atom. The van der Waals surface area contributed by atoms with Crippen LogP contribution < -0.4 is 0 Å². The lowest BCUT2D eigenvalue weighted by Crippen LogP contribution is -1.88. The minimum absolute atomic E-state index is 0.734. The molecule has 0 aromatic carbocycles. The first kappa shape index (κ1) is 14.2. The highest BCUT2D eigenvalue weighted by molar-refractivity contribution is 9.28. The smallest absolute Gasteiger partial charge is 0.0881 e. The molecule has 2 aliphatic carbocycles. The van der Waals surface area contributed by atoms with E-state index in [1.165, 1.54) is 0 Å². The van der Waals surface area contributed by atoms with Gasteiger partial charge in [0.05, 0.1) is 20.8 Å². The molecule has 0 bridgehead atoms. The molecule has 0 atom stereocenters. The molecule has 0 aromatic heterocycles. The van der Waals surface area contributed by atoms with E-state index in [9.17, 15) is 0 Å². The first-order chi connectivity index (χ1) is 8.75. The molecule has 2 aliphatic rings. The van der Waals surface area contributed by atoms with Crippen molar-refractivity contribution >= 4 is 31.9 Å². The fourth-order valence-electron chi connectivity index (χ4n) is 1.31. The molecule has 0 amide bonds. The van der Waals surface area contributed by atoms with Crippen LogP contribution in [0.2, 0.25) is 0 Å². The molecular weight excluding hydrogens is 352 g/mol.